The maximum Gasteiger partial charge on any atom is 0.261 e. The molecule has 4 heterocycles. The van der Waals surface area contributed by atoms with Crippen LogP contribution in [0.4, 0.5) is 5.82 Å². The Bertz CT molecular complexity index is 933. The van der Waals surface area contributed by atoms with Crippen molar-refractivity contribution in [3.8, 4) is 0 Å². The molecular weight excluding hydrogens is 394 g/mol. The number of aromatic nitrogens is 2. The number of nitrogens with one attached hydrogen (secondary N) is 1. The van der Waals surface area contributed by atoms with E-state index in [9.17, 15) is 9.90 Å². The van der Waals surface area contributed by atoms with E-state index in [0.717, 1.165) is 53.3 Å². The first kappa shape index (κ1) is 19.3. The average molecular weight is 418 g/mol. The Morgan fingerprint density at radius 2 is 2.21 bits per heavy atom. The Balaban J connectivity index is 1.32. The van der Waals surface area contributed by atoms with Crippen LogP contribution in [0, 0.1) is 5.92 Å². The number of piperidine rings is 1. The third-order valence-electron chi connectivity index (χ3n) is 5.10. The maximum absolute atomic E-state index is 12.0. The van der Waals surface area contributed by atoms with Crippen molar-refractivity contribution >= 4 is 44.6 Å². The largest absolute Gasteiger partial charge is 0.374 e. The summed E-state index contributed by atoms with van der Waals surface area (Å²) in [6, 6.07) is 5.57. The molecule has 3 aromatic heterocycles. The second-order valence-electron chi connectivity index (χ2n) is 6.96. The predicted octanol–water partition coefficient (Wildman–Crippen LogP) is 2.74. The fraction of sp³-hybridized carbons (Fsp3) is 0.421. The normalized spacial score (nSPS) is 16.4. The molecule has 4 N–H and O–H groups in total. The molecule has 28 heavy (non-hydrogen) atoms. The summed E-state index contributed by atoms with van der Waals surface area (Å²) in [5.74, 6) is 1.54. The molecule has 1 atom stereocenters. The number of thiophene rings is 2. The number of hydrogen-bond donors (Lipinski definition) is 3. The number of anilines is 1. The van der Waals surface area contributed by atoms with Crippen LogP contribution in [0.2, 0.25) is 0 Å². The molecule has 0 aliphatic carbocycles. The van der Waals surface area contributed by atoms with Gasteiger partial charge >= 0.3 is 0 Å². The molecule has 1 unspecified atom stereocenters. The fourth-order valence-electron chi connectivity index (χ4n) is 3.55. The second-order valence-corrected chi connectivity index (χ2v) is 8.99. The first-order valence-electron chi connectivity index (χ1n) is 9.36. The molecule has 3 aromatic rings. The lowest BCUT2D eigenvalue weighted by molar-refractivity contribution is 0.0954. The van der Waals surface area contributed by atoms with E-state index in [4.69, 9.17) is 5.73 Å². The minimum absolute atomic E-state index is 0.0198. The Hall–Kier alpha value is -2.07. The molecule has 0 saturated carbocycles. The third-order valence-corrected chi connectivity index (χ3v) is 7.16. The van der Waals surface area contributed by atoms with Gasteiger partial charge in [-0.25, -0.2) is 9.97 Å². The van der Waals surface area contributed by atoms with Crippen molar-refractivity contribution in [2.24, 2.45) is 11.7 Å². The van der Waals surface area contributed by atoms with Gasteiger partial charge in [0.15, 0.2) is 0 Å². The third kappa shape index (κ3) is 4.17. The number of fused-ring (bicyclic) bond motifs is 1. The van der Waals surface area contributed by atoms with Gasteiger partial charge in [0.1, 0.15) is 18.4 Å². The highest BCUT2D eigenvalue weighted by atomic mass is 32.1. The van der Waals surface area contributed by atoms with Gasteiger partial charge in [-0.15, -0.1) is 22.7 Å². The zero-order valence-electron chi connectivity index (χ0n) is 15.4. The van der Waals surface area contributed by atoms with Gasteiger partial charge in [-0.3, -0.25) is 4.79 Å². The smallest absolute Gasteiger partial charge is 0.261 e. The molecule has 0 aromatic carbocycles. The van der Waals surface area contributed by atoms with Crippen LogP contribution in [0.15, 0.2) is 29.9 Å². The molecule has 9 heteroatoms. The molecule has 1 amide bonds. The van der Waals surface area contributed by atoms with Crippen molar-refractivity contribution in [3.63, 3.8) is 0 Å². The lowest BCUT2D eigenvalue weighted by Crippen LogP contribution is -2.35. The minimum Gasteiger partial charge on any atom is -0.374 e. The van der Waals surface area contributed by atoms with Crippen LogP contribution in [-0.4, -0.2) is 40.6 Å². The highest BCUT2D eigenvalue weighted by Gasteiger charge is 2.23. The molecule has 148 valence electrons. The van der Waals surface area contributed by atoms with Crippen LogP contribution >= 0.6 is 22.7 Å². The number of aliphatic hydroxyl groups is 1. The van der Waals surface area contributed by atoms with Gasteiger partial charge in [-0.2, -0.15) is 0 Å². The number of rotatable bonds is 6. The Kier molecular flexibility index (Phi) is 5.86. The van der Waals surface area contributed by atoms with E-state index in [1.165, 1.54) is 22.7 Å². The van der Waals surface area contributed by atoms with Crippen molar-refractivity contribution in [1.29, 1.82) is 0 Å². The van der Waals surface area contributed by atoms with E-state index in [0.29, 0.717) is 17.3 Å². The van der Waals surface area contributed by atoms with Gasteiger partial charge in [0.05, 0.1) is 20.0 Å². The molecule has 1 aliphatic rings. The van der Waals surface area contributed by atoms with Crippen LogP contribution in [0.25, 0.3) is 10.2 Å². The standard InChI is InChI=1S/C19H23N5O2S2/c20-17(25)15-10-13-16(28-15)18(23-11-22-13)24-7-4-12(5-8-24)3-6-21-19(26)14-2-1-9-27-14/h1-2,9-12,17,25H,3-8,20H2,(H,21,26). The zero-order chi connectivity index (χ0) is 19.5. The highest BCUT2D eigenvalue weighted by molar-refractivity contribution is 7.19. The van der Waals surface area contributed by atoms with Gasteiger partial charge in [0.25, 0.3) is 5.91 Å². The van der Waals surface area contributed by atoms with Crippen molar-refractivity contribution < 1.29 is 9.90 Å². The van der Waals surface area contributed by atoms with Crippen LogP contribution in [-0.2, 0) is 0 Å². The van der Waals surface area contributed by atoms with Crippen LogP contribution in [0.1, 0.15) is 40.0 Å². The maximum atomic E-state index is 12.0. The molecule has 1 aliphatic heterocycles. The minimum atomic E-state index is -0.984. The van der Waals surface area contributed by atoms with Crippen molar-refractivity contribution in [3.05, 3.63) is 39.7 Å². The Morgan fingerprint density at radius 1 is 1.39 bits per heavy atom. The van der Waals surface area contributed by atoms with E-state index < -0.39 is 6.23 Å². The topological polar surface area (TPSA) is 104 Å². The SMILES string of the molecule is NC(O)c1cc2ncnc(N3CCC(CCNC(=O)c4cccs4)CC3)c2s1. The molecular formula is C19H23N5O2S2. The van der Waals surface area contributed by atoms with Gasteiger partial charge in [0.2, 0.25) is 0 Å². The molecule has 0 spiro atoms. The summed E-state index contributed by atoms with van der Waals surface area (Å²) in [5.41, 5.74) is 6.42. The zero-order valence-corrected chi connectivity index (χ0v) is 17.0. The van der Waals surface area contributed by atoms with Crippen LogP contribution in [0.5, 0.6) is 0 Å². The van der Waals surface area contributed by atoms with Gasteiger partial charge in [-0.1, -0.05) is 6.07 Å². The number of aliphatic hydroxyl groups excluding tert-OH is 1. The second kappa shape index (κ2) is 8.52. The van der Waals surface area contributed by atoms with Gasteiger partial charge in [-0.05, 0) is 42.7 Å². The first-order valence-corrected chi connectivity index (χ1v) is 11.1. The molecule has 4 rings (SSSR count). The fourth-order valence-corrected chi connectivity index (χ4v) is 5.21. The summed E-state index contributed by atoms with van der Waals surface area (Å²) in [6.07, 6.45) is 3.72. The van der Waals surface area contributed by atoms with Gasteiger partial charge in [0, 0.05) is 19.6 Å². The van der Waals surface area contributed by atoms with Crippen molar-refractivity contribution in [2.75, 3.05) is 24.5 Å². The van der Waals surface area contributed by atoms with E-state index in [1.807, 2.05) is 23.6 Å². The monoisotopic (exact) mass is 417 g/mol. The number of nitrogens with zero attached hydrogens (tertiary/aromatic N) is 3. The van der Waals surface area contributed by atoms with E-state index >= 15 is 0 Å². The van der Waals surface area contributed by atoms with E-state index in [-0.39, 0.29) is 5.91 Å². The summed E-state index contributed by atoms with van der Waals surface area (Å²) in [6.45, 7) is 2.56. The number of amides is 1. The molecule has 1 fully saturated rings. The molecule has 0 bridgehead atoms. The quantitative estimate of drug-likeness (QED) is 0.533. The summed E-state index contributed by atoms with van der Waals surface area (Å²) in [5, 5.41) is 14.6. The number of nitrogens with two attached hydrogens (primary N) is 1. The summed E-state index contributed by atoms with van der Waals surface area (Å²) >= 11 is 2.92. The lowest BCUT2D eigenvalue weighted by atomic mass is 9.93. The van der Waals surface area contributed by atoms with E-state index in [2.05, 4.69) is 20.2 Å². The van der Waals surface area contributed by atoms with Crippen molar-refractivity contribution in [2.45, 2.75) is 25.5 Å². The number of carbonyl (C=O) groups is 1. The Labute approximate surface area is 171 Å². The summed E-state index contributed by atoms with van der Waals surface area (Å²) in [7, 11) is 0. The molecule has 7 nitrogen and oxygen atoms in total. The van der Waals surface area contributed by atoms with Crippen molar-refractivity contribution in [1.82, 2.24) is 15.3 Å². The average Bonchev–Trinajstić information content (AvgIpc) is 3.38. The predicted molar refractivity (Wildman–Crippen MR) is 113 cm³/mol. The highest BCUT2D eigenvalue weighted by Crippen LogP contribution is 2.34. The number of carbonyl (C=O) groups excluding carboxylic acids is 1. The first-order chi connectivity index (χ1) is 13.6. The van der Waals surface area contributed by atoms with Gasteiger partial charge < -0.3 is 21.1 Å². The van der Waals surface area contributed by atoms with E-state index in [1.54, 1.807) is 6.33 Å². The molecule has 0 radical (unpaired) electrons. The summed E-state index contributed by atoms with van der Waals surface area (Å²) < 4.78 is 0.976. The lowest BCUT2D eigenvalue weighted by Gasteiger charge is -2.33. The van der Waals surface area contributed by atoms with Crippen LogP contribution < -0.4 is 16.0 Å². The van der Waals surface area contributed by atoms with Crippen LogP contribution in [0.3, 0.4) is 0 Å². The molecule has 1 saturated heterocycles. The Morgan fingerprint density at radius 3 is 2.93 bits per heavy atom. The summed E-state index contributed by atoms with van der Waals surface area (Å²) in [4.78, 5) is 24.6. The number of hydrogen-bond acceptors (Lipinski definition) is 8.